The molecule has 0 aromatic carbocycles. The lowest BCUT2D eigenvalue weighted by Gasteiger charge is -2.44. The molecule has 7 nitrogen and oxygen atoms in total. The number of ether oxygens (including phenoxy) is 1. The van der Waals surface area contributed by atoms with Gasteiger partial charge in [0, 0.05) is 44.3 Å². The first-order chi connectivity index (χ1) is 12.7. The quantitative estimate of drug-likeness (QED) is 0.815. The first kappa shape index (κ1) is 17.4. The molecule has 3 aliphatic rings. The topological polar surface area (TPSA) is 75.6 Å². The number of hydrogen-bond donors (Lipinski definition) is 0. The average molecular weight is 358 g/mol. The van der Waals surface area contributed by atoms with Crippen molar-refractivity contribution < 1.29 is 14.3 Å². The van der Waals surface area contributed by atoms with E-state index in [4.69, 9.17) is 4.74 Å². The molecule has 0 spiro atoms. The van der Waals surface area contributed by atoms with Crippen LogP contribution in [0.1, 0.15) is 48.9 Å². The van der Waals surface area contributed by atoms with E-state index in [9.17, 15) is 9.59 Å². The normalized spacial score (nSPS) is 24.3. The van der Waals surface area contributed by atoms with Crippen LogP contribution in [0.3, 0.4) is 0 Å². The number of aromatic nitrogens is 2. The molecule has 4 rings (SSSR count). The molecular weight excluding hydrogens is 332 g/mol. The van der Waals surface area contributed by atoms with Crippen LogP contribution in [0, 0.1) is 5.92 Å². The largest absolute Gasteiger partial charge is 0.381 e. The molecule has 2 aliphatic heterocycles. The summed E-state index contributed by atoms with van der Waals surface area (Å²) >= 11 is 0. The third-order valence-corrected chi connectivity index (χ3v) is 5.67. The van der Waals surface area contributed by atoms with Crippen molar-refractivity contribution in [3.8, 4) is 0 Å². The molecule has 0 radical (unpaired) electrons. The molecule has 26 heavy (non-hydrogen) atoms. The molecular formula is C19H26N4O3. The van der Waals surface area contributed by atoms with Crippen molar-refractivity contribution >= 4 is 11.8 Å². The number of piperidine rings is 1. The molecule has 1 atom stereocenters. The molecule has 1 aromatic heterocycles. The van der Waals surface area contributed by atoms with Gasteiger partial charge in [0.25, 0.3) is 5.91 Å². The van der Waals surface area contributed by atoms with E-state index in [1.807, 2.05) is 4.90 Å². The van der Waals surface area contributed by atoms with E-state index in [1.165, 1.54) is 6.20 Å². The van der Waals surface area contributed by atoms with Crippen molar-refractivity contribution in [3.63, 3.8) is 0 Å². The first-order valence-corrected chi connectivity index (χ1v) is 9.70. The number of likely N-dealkylation sites (tertiary alicyclic amines) is 1. The smallest absolute Gasteiger partial charge is 0.255 e. The number of amides is 2. The van der Waals surface area contributed by atoms with E-state index in [1.54, 1.807) is 12.3 Å². The van der Waals surface area contributed by atoms with Crippen LogP contribution in [0.2, 0.25) is 0 Å². The standard InChI is InChI=1S/C19H26N4O3/c24-18(15-5-8-20-21-12-15)22-9-1-2-17(13-22)23(19(25)14-3-4-14)16-6-10-26-11-7-16/h5,8,12,14,16-17H,1-4,6-7,9-11,13H2. The van der Waals surface area contributed by atoms with Crippen molar-refractivity contribution in [1.82, 2.24) is 20.0 Å². The van der Waals surface area contributed by atoms with Crippen molar-refractivity contribution in [1.29, 1.82) is 0 Å². The predicted molar refractivity (Wildman–Crippen MR) is 94.4 cm³/mol. The van der Waals surface area contributed by atoms with Crippen LogP contribution in [0.5, 0.6) is 0 Å². The fourth-order valence-corrected chi connectivity index (χ4v) is 4.13. The highest BCUT2D eigenvalue weighted by Crippen LogP contribution is 2.35. The van der Waals surface area contributed by atoms with Crippen LogP contribution in [0.25, 0.3) is 0 Å². The van der Waals surface area contributed by atoms with Gasteiger partial charge in [-0.05, 0) is 44.6 Å². The minimum absolute atomic E-state index is 0.0181. The summed E-state index contributed by atoms with van der Waals surface area (Å²) in [4.78, 5) is 29.8. The third-order valence-electron chi connectivity index (χ3n) is 5.67. The Hall–Kier alpha value is -2.02. The van der Waals surface area contributed by atoms with Crippen LogP contribution in [-0.4, -0.2) is 70.2 Å². The maximum Gasteiger partial charge on any atom is 0.255 e. The molecule has 0 N–H and O–H groups in total. The minimum Gasteiger partial charge on any atom is -0.381 e. The summed E-state index contributed by atoms with van der Waals surface area (Å²) in [5.41, 5.74) is 0.562. The average Bonchev–Trinajstić information content (AvgIpc) is 3.55. The fourth-order valence-electron chi connectivity index (χ4n) is 4.13. The lowest BCUT2D eigenvalue weighted by Crippen LogP contribution is -2.56. The Morgan fingerprint density at radius 1 is 1.08 bits per heavy atom. The van der Waals surface area contributed by atoms with Gasteiger partial charge in [-0.15, -0.1) is 0 Å². The van der Waals surface area contributed by atoms with E-state index in [0.717, 1.165) is 58.3 Å². The van der Waals surface area contributed by atoms with Gasteiger partial charge in [-0.25, -0.2) is 0 Å². The molecule has 2 saturated heterocycles. The summed E-state index contributed by atoms with van der Waals surface area (Å²) < 4.78 is 5.49. The van der Waals surface area contributed by atoms with Gasteiger partial charge in [0.15, 0.2) is 0 Å². The number of nitrogens with zero attached hydrogens (tertiary/aromatic N) is 4. The summed E-state index contributed by atoms with van der Waals surface area (Å²) in [5, 5.41) is 7.55. The van der Waals surface area contributed by atoms with Crippen LogP contribution in [0.15, 0.2) is 18.5 Å². The highest BCUT2D eigenvalue weighted by Gasteiger charge is 2.41. The highest BCUT2D eigenvalue weighted by molar-refractivity contribution is 5.94. The van der Waals surface area contributed by atoms with Gasteiger partial charge < -0.3 is 14.5 Å². The van der Waals surface area contributed by atoms with Crippen LogP contribution >= 0.6 is 0 Å². The molecule has 1 saturated carbocycles. The zero-order valence-corrected chi connectivity index (χ0v) is 15.0. The minimum atomic E-state index is -0.0181. The number of carbonyl (C=O) groups excluding carboxylic acids is 2. The Morgan fingerprint density at radius 2 is 1.88 bits per heavy atom. The van der Waals surface area contributed by atoms with Gasteiger partial charge in [-0.1, -0.05) is 0 Å². The SMILES string of the molecule is O=C(c1ccnnc1)N1CCCC(N(C(=O)C2CC2)C2CCOCC2)C1. The van der Waals surface area contributed by atoms with Crippen LogP contribution < -0.4 is 0 Å². The molecule has 1 aliphatic carbocycles. The van der Waals surface area contributed by atoms with Crippen molar-refractivity contribution in [2.24, 2.45) is 5.92 Å². The second kappa shape index (κ2) is 7.70. The Bertz CT molecular complexity index is 643. The number of carbonyl (C=O) groups is 2. The van der Waals surface area contributed by atoms with E-state index in [0.29, 0.717) is 18.0 Å². The Morgan fingerprint density at radius 3 is 2.58 bits per heavy atom. The van der Waals surface area contributed by atoms with E-state index in [-0.39, 0.29) is 23.9 Å². The van der Waals surface area contributed by atoms with Gasteiger partial charge in [-0.2, -0.15) is 10.2 Å². The molecule has 7 heteroatoms. The molecule has 3 fully saturated rings. The Labute approximate surface area is 153 Å². The van der Waals surface area contributed by atoms with Gasteiger partial charge in [0.2, 0.25) is 5.91 Å². The second-order valence-corrected chi connectivity index (χ2v) is 7.54. The van der Waals surface area contributed by atoms with Gasteiger partial charge >= 0.3 is 0 Å². The lowest BCUT2D eigenvalue weighted by atomic mass is 9.97. The van der Waals surface area contributed by atoms with Gasteiger partial charge in [-0.3, -0.25) is 9.59 Å². The maximum absolute atomic E-state index is 13.0. The second-order valence-electron chi connectivity index (χ2n) is 7.54. The van der Waals surface area contributed by atoms with Crippen molar-refractivity contribution in [2.45, 2.75) is 50.6 Å². The van der Waals surface area contributed by atoms with E-state index in [2.05, 4.69) is 15.1 Å². The zero-order valence-electron chi connectivity index (χ0n) is 15.0. The van der Waals surface area contributed by atoms with Crippen LogP contribution in [-0.2, 0) is 9.53 Å². The summed E-state index contributed by atoms with van der Waals surface area (Å²) in [7, 11) is 0. The molecule has 1 aromatic rings. The Kier molecular flexibility index (Phi) is 5.15. The molecule has 0 bridgehead atoms. The highest BCUT2D eigenvalue weighted by atomic mass is 16.5. The molecule has 3 heterocycles. The maximum atomic E-state index is 13.0. The number of hydrogen-bond acceptors (Lipinski definition) is 5. The summed E-state index contributed by atoms with van der Waals surface area (Å²) in [6.45, 7) is 2.78. The van der Waals surface area contributed by atoms with E-state index >= 15 is 0 Å². The lowest BCUT2D eigenvalue weighted by molar-refractivity contribution is -0.141. The summed E-state index contributed by atoms with van der Waals surface area (Å²) in [5.74, 6) is 0.477. The predicted octanol–water partition coefficient (Wildman–Crippen LogP) is 1.50. The third kappa shape index (κ3) is 3.72. The number of rotatable bonds is 4. The fraction of sp³-hybridized carbons (Fsp3) is 0.684. The monoisotopic (exact) mass is 358 g/mol. The van der Waals surface area contributed by atoms with E-state index < -0.39 is 0 Å². The summed E-state index contributed by atoms with van der Waals surface area (Å²) in [6.07, 6.45) is 8.76. The van der Waals surface area contributed by atoms with Crippen molar-refractivity contribution in [3.05, 3.63) is 24.0 Å². The first-order valence-electron chi connectivity index (χ1n) is 9.70. The zero-order chi connectivity index (χ0) is 17.9. The van der Waals surface area contributed by atoms with Crippen LogP contribution in [0.4, 0.5) is 0 Å². The summed E-state index contributed by atoms with van der Waals surface area (Å²) in [6, 6.07) is 2.06. The molecule has 140 valence electrons. The van der Waals surface area contributed by atoms with Gasteiger partial charge in [0.05, 0.1) is 18.0 Å². The Balaban J connectivity index is 1.50. The van der Waals surface area contributed by atoms with Crippen molar-refractivity contribution in [2.75, 3.05) is 26.3 Å². The molecule has 1 unspecified atom stereocenters. The van der Waals surface area contributed by atoms with Gasteiger partial charge in [0.1, 0.15) is 0 Å². The molecule has 2 amide bonds.